The molecule has 14 heavy (non-hydrogen) atoms. The minimum Gasteiger partial charge on any atom is -0.294 e. The highest BCUT2D eigenvalue weighted by Gasteiger charge is 2.02. The van der Waals surface area contributed by atoms with E-state index in [1.165, 1.54) is 0 Å². The van der Waals surface area contributed by atoms with E-state index in [4.69, 9.17) is 0 Å². The lowest BCUT2D eigenvalue weighted by Crippen LogP contribution is -1.92. The molecule has 1 nitrogen and oxygen atoms in total. The maximum absolute atomic E-state index is 11.3. The van der Waals surface area contributed by atoms with E-state index in [9.17, 15) is 4.79 Å². The molecule has 0 saturated carbocycles. The van der Waals surface area contributed by atoms with Gasteiger partial charge in [-0.1, -0.05) is 42.5 Å². The molecule has 0 radical (unpaired) electrons. The van der Waals surface area contributed by atoms with E-state index in [-0.39, 0.29) is 18.2 Å². The number of ketones is 1. The molecule has 0 saturated heterocycles. The summed E-state index contributed by atoms with van der Waals surface area (Å²) in [6.07, 6.45) is 0. The third kappa shape index (κ3) is 1.78. The number of carbonyl (C=O) groups excluding carboxylic acids is 1. The minimum atomic E-state index is 0. The zero-order valence-electron chi connectivity index (χ0n) is 7.86. The molecule has 0 fully saturated rings. The Balaban J connectivity index is 0.000000980. The van der Waals surface area contributed by atoms with E-state index >= 15 is 0 Å². The molecular formula is C12H11ClO. The summed E-state index contributed by atoms with van der Waals surface area (Å²) in [7, 11) is 0. The Morgan fingerprint density at radius 1 is 1.00 bits per heavy atom. The number of benzene rings is 2. The first-order valence-corrected chi connectivity index (χ1v) is 4.28. The number of rotatable bonds is 1. The van der Waals surface area contributed by atoms with E-state index in [1.807, 2.05) is 42.5 Å². The molecule has 0 spiro atoms. The summed E-state index contributed by atoms with van der Waals surface area (Å²) in [5.74, 6) is 0.122. The van der Waals surface area contributed by atoms with Gasteiger partial charge in [0.05, 0.1) is 0 Å². The lowest BCUT2D eigenvalue weighted by atomic mass is 10.0. The average Bonchev–Trinajstić information content (AvgIpc) is 2.17. The maximum Gasteiger partial charge on any atom is 0.160 e. The van der Waals surface area contributed by atoms with Crippen molar-refractivity contribution in [3.05, 3.63) is 48.0 Å². The predicted octanol–water partition coefficient (Wildman–Crippen LogP) is 3.46. The molecule has 2 aromatic rings. The van der Waals surface area contributed by atoms with E-state index < -0.39 is 0 Å². The molecule has 0 aliphatic rings. The number of Topliss-reactive ketones (excluding diaryl/α,β-unsaturated/α-hetero) is 1. The van der Waals surface area contributed by atoms with Crippen molar-refractivity contribution in [1.29, 1.82) is 0 Å². The Kier molecular flexibility index (Phi) is 3.26. The van der Waals surface area contributed by atoms with Gasteiger partial charge in [0.25, 0.3) is 0 Å². The lowest BCUT2D eigenvalue weighted by Gasteiger charge is -2.01. The minimum absolute atomic E-state index is 0. The zero-order valence-corrected chi connectivity index (χ0v) is 8.67. The first-order valence-electron chi connectivity index (χ1n) is 4.28. The van der Waals surface area contributed by atoms with Crippen molar-refractivity contribution in [2.75, 3.05) is 0 Å². The molecule has 0 heterocycles. The van der Waals surface area contributed by atoms with Gasteiger partial charge < -0.3 is 0 Å². The third-order valence-electron chi connectivity index (χ3n) is 2.17. The van der Waals surface area contributed by atoms with Crippen molar-refractivity contribution in [3.63, 3.8) is 0 Å². The van der Waals surface area contributed by atoms with Crippen LogP contribution in [0.3, 0.4) is 0 Å². The van der Waals surface area contributed by atoms with Gasteiger partial charge in [0.1, 0.15) is 0 Å². The van der Waals surface area contributed by atoms with Crippen molar-refractivity contribution >= 4 is 29.0 Å². The maximum atomic E-state index is 11.3. The van der Waals surface area contributed by atoms with Gasteiger partial charge in [-0.15, -0.1) is 12.4 Å². The summed E-state index contributed by atoms with van der Waals surface area (Å²) >= 11 is 0. The predicted molar refractivity (Wildman–Crippen MR) is 61.2 cm³/mol. The van der Waals surface area contributed by atoms with Gasteiger partial charge in [0, 0.05) is 5.56 Å². The van der Waals surface area contributed by atoms with Crippen molar-refractivity contribution in [1.82, 2.24) is 0 Å². The quantitative estimate of drug-likeness (QED) is 0.653. The second kappa shape index (κ2) is 4.25. The van der Waals surface area contributed by atoms with Gasteiger partial charge in [-0.05, 0) is 17.7 Å². The lowest BCUT2D eigenvalue weighted by molar-refractivity contribution is 0.101. The van der Waals surface area contributed by atoms with Gasteiger partial charge in [-0.25, -0.2) is 0 Å². The van der Waals surface area contributed by atoms with Crippen LogP contribution in [-0.2, 0) is 0 Å². The Morgan fingerprint density at radius 2 is 1.64 bits per heavy atom. The smallest absolute Gasteiger partial charge is 0.160 e. The molecule has 0 aromatic heterocycles. The number of hydrogen-bond acceptors (Lipinski definition) is 1. The number of hydrogen-bond donors (Lipinski definition) is 0. The van der Waals surface area contributed by atoms with E-state index in [0.717, 1.165) is 16.3 Å². The second-order valence-corrected chi connectivity index (χ2v) is 3.08. The zero-order chi connectivity index (χ0) is 9.26. The van der Waals surface area contributed by atoms with Crippen LogP contribution in [0.4, 0.5) is 0 Å². The van der Waals surface area contributed by atoms with Crippen LogP contribution < -0.4 is 0 Å². The van der Waals surface area contributed by atoms with Crippen LogP contribution in [0, 0.1) is 0 Å². The summed E-state index contributed by atoms with van der Waals surface area (Å²) in [5.41, 5.74) is 0.804. The second-order valence-electron chi connectivity index (χ2n) is 3.08. The Labute approximate surface area is 89.2 Å². The van der Waals surface area contributed by atoms with E-state index in [2.05, 4.69) is 0 Å². The van der Waals surface area contributed by atoms with Crippen LogP contribution in [0.1, 0.15) is 17.3 Å². The highest BCUT2D eigenvalue weighted by atomic mass is 35.5. The van der Waals surface area contributed by atoms with Crippen molar-refractivity contribution < 1.29 is 4.79 Å². The van der Waals surface area contributed by atoms with Gasteiger partial charge >= 0.3 is 0 Å². The van der Waals surface area contributed by atoms with Crippen LogP contribution in [0.2, 0.25) is 0 Å². The molecule has 2 rings (SSSR count). The molecule has 0 N–H and O–H groups in total. The van der Waals surface area contributed by atoms with Gasteiger partial charge in [-0.3, -0.25) is 4.79 Å². The SMILES string of the molecule is CC(=O)c1cccc2ccccc12.Cl. The molecule has 0 unspecified atom stereocenters. The molecule has 72 valence electrons. The van der Waals surface area contributed by atoms with Crippen LogP contribution in [-0.4, -0.2) is 5.78 Å². The molecule has 0 atom stereocenters. The fraction of sp³-hybridized carbons (Fsp3) is 0.0833. The largest absolute Gasteiger partial charge is 0.294 e. The Morgan fingerprint density at radius 3 is 2.36 bits per heavy atom. The van der Waals surface area contributed by atoms with Crippen molar-refractivity contribution in [2.24, 2.45) is 0 Å². The average molecular weight is 207 g/mol. The van der Waals surface area contributed by atoms with Crippen molar-refractivity contribution in [3.8, 4) is 0 Å². The molecule has 2 aromatic carbocycles. The molecule has 0 aliphatic heterocycles. The Hall–Kier alpha value is -1.34. The monoisotopic (exact) mass is 206 g/mol. The van der Waals surface area contributed by atoms with Crippen LogP contribution in [0.15, 0.2) is 42.5 Å². The molecule has 2 heteroatoms. The first-order chi connectivity index (χ1) is 6.29. The van der Waals surface area contributed by atoms with Crippen LogP contribution >= 0.6 is 12.4 Å². The molecular weight excluding hydrogens is 196 g/mol. The Bertz CT molecular complexity index is 457. The highest BCUT2D eigenvalue weighted by molar-refractivity contribution is 6.06. The number of carbonyl (C=O) groups is 1. The molecule has 0 amide bonds. The van der Waals surface area contributed by atoms with Gasteiger partial charge in [0.2, 0.25) is 0 Å². The van der Waals surface area contributed by atoms with E-state index in [0.29, 0.717) is 0 Å². The van der Waals surface area contributed by atoms with Crippen molar-refractivity contribution in [2.45, 2.75) is 6.92 Å². The van der Waals surface area contributed by atoms with Crippen LogP contribution in [0.25, 0.3) is 10.8 Å². The number of halogens is 1. The van der Waals surface area contributed by atoms with Crippen LogP contribution in [0.5, 0.6) is 0 Å². The summed E-state index contributed by atoms with van der Waals surface area (Å²) < 4.78 is 0. The number of fused-ring (bicyclic) bond motifs is 1. The summed E-state index contributed by atoms with van der Waals surface area (Å²) in [6, 6.07) is 13.7. The third-order valence-corrected chi connectivity index (χ3v) is 2.17. The normalized spacial score (nSPS) is 9.50. The standard InChI is InChI=1S/C12H10O.ClH/c1-9(13)11-8-4-6-10-5-2-3-7-12(10)11;/h2-8H,1H3;1H. The van der Waals surface area contributed by atoms with E-state index in [1.54, 1.807) is 6.92 Å². The fourth-order valence-electron chi connectivity index (χ4n) is 1.53. The van der Waals surface area contributed by atoms with Gasteiger partial charge in [0.15, 0.2) is 5.78 Å². The topological polar surface area (TPSA) is 17.1 Å². The first kappa shape index (κ1) is 10.7. The van der Waals surface area contributed by atoms with Gasteiger partial charge in [-0.2, -0.15) is 0 Å². The fourth-order valence-corrected chi connectivity index (χ4v) is 1.53. The summed E-state index contributed by atoms with van der Waals surface area (Å²) in [6.45, 7) is 1.60. The summed E-state index contributed by atoms with van der Waals surface area (Å²) in [5, 5.41) is 2.16. The molecule has 0 aliphatic carbocycles. The summed E-state index contributed by atoms with van der Waals surface area (Å²) in [4.78, 5) is 11.3. The highest BCUT2D eigenvalue weighted by Crippen LogP contribution is 2.18. The molecule has 0 bridgehead atoms.